The van der Waals surface area contributed by atoms with Crippen LogP contribution < -0.4 is 5.73 Å². The van der Waals surface area contributed by atoms with Crippen LogP contribution in [0.25, 0.3) is 0 Å². The highest BCUT2D eigenvalue weighted by atomic mass is 32.1. The second kappa shape index (κ2) is 3.67. The summed E-state index contributed by atoms with van der Waals surface area (Å²) in [6.45, 7) is 2.01. The fourth-order valence-corrected chi connectivity index (χ4v) is 2.54. The lowest BCUT2D eigenvalue weighted by molar-refractivity contribution is 0.0947. The van der Waals surface area contributed by atoms with Gasteiger partial charge in [-0.3, -0.25) is 4.79 Å². The van der Waals surface area contributed by atoms with Crippen molar-refractivity contribution in [2.45, 2.75) is 19.4 Å². The van der Waals surface area contributed by atoms with Crippen LogP contribution in [0.3, 0.4) is 0 Å². The van der Waals surface area contributed by atoms with Crippen molar-refractivity contribution in [2.24, 2.45) is 11.7 Å². The maximum atomic E-state index is 11.9. The van der Waals surface area contributed by atoms with Crippen LogP contribution in [-0.2, 0) is 0 Å². The monoisotopic (exact) mass is 207 g/mol. The van der Waals surface area contributed by atoms with Crippen LogP contribution in [0.15, 0.2) is 24.3 Å². The Hall–Kier alpha value is -0.930. The predicted octanol–water partition coefficient (Wildman–Crippen LogP) is 2.14. The number of allylic oxidation sites excluding steroid dienone is 1. The minimum absolute atomic E-state index is 0.00282. The Kier molecular flexibility index (Phi) is 2.52. The van der Waals surface area contributed by atoms with E-state index in [1.165, 1.54) is 4.88 Å². The van der Waals surface area contributed by atoms with Gasteiger partial charge in [-0.05, 0) is 25.5 Å². The van der Waals surface area contributed by atoms with Crippen LogP contribution in [0.4, 0.5) is 0 Å². The van der Waals surface area contributed by atoms with Crippen molar-refractivity contribution in [3.8, 4) is 0 Å². The molecule has 1 aromatic heterocycles. The molecule has 3 heteroatoms. The van der Waals surface area contributed by atoms with Gasteiger partial charge < -0.3 is 5.73 Å². The Morgan fingerprint density at radius 3 is 2.79 bits per heavy atom. The molecule has 0 saturated carbocycles. The number of ketones is 1. The largest absolute Gasteiger partial charge is 0.324 e. The number of thiophene rings is 1. The highest BCUT2D eigenvalue weighted by molar-refractivity contribution is 7.14. The summed E-state index contributed by atoms with van der Waals surface area (Å²) < 4.78 is 0. The average molecular weight is 207 g/mol. The molecule has 0 radical (unpaired) electrons. The van der Waals surface area contributed by atoms with Crippen molar-refractivity contribution in [3.63, 3.8) is 0 Å². The first-order valence-corrected chi connectivity index (χ1v) is 5.53. The topological polar surface area (TPSA) is 43.1 Å². The van der Waals surface area contributed by atoms with E-state index in [0.29, 0.717) is 0 Å². The van der Waals surface area contributed by atoms with Crippen molar-refractivity contribution in [2.75, 3.05) is 0 Å². The summed E-state index contributed by atoms with van der Waals surface area (Å²) in [7, 11) is 0. The van der Waals surface area contributed by atoms with Crippen LogP contribution >= 0.6 is 11.3 Å². The summed E-state index contributed by atoms with van der Waals surface area (Å²) in [5, 5.41) is 0. The molecule has 0 spiro atoms. The smallest absolute Gasteiger partial charge is 0.179 e. The SMILES string of the molecule is Cc1ccc(C(=O)C2C=CC(N)C2)s1. The molecule has 0 bridgehead atoms. The molecule has 2 unspecified atom stereocenters. The van der Waals surface area contributed by atoms with E-state index in [1.54, 1.807) is 11.3 Å². The Morgan fingerprint density at radius 2 is 2.29 bits per heavy atom. The molecule has 14 heavy (non-hydrogen) atoms. The van der Waals surface area contributed by atoms with E-state index in [-0.39, 0.29) is 17.7 Å². The number of hydrogen-bond acceptors (Lipinski definition) is 3. The molecule has 2 atom stereocenters. The van der Waals surface area contributed by atoms with Crippen molar-refractivity contribution in [1.82, 2.24) is 0 Å². The molecule has 0 aromatic carbocycles. The van der Waals surface area contributed by atoms with Crippen LogP contribution in [0.5, 0.6) is 0 Å². The van der Waals surface area contributed by atoms with E-state index < -0.39 is 0 Å². The fourth-order valence-electron chi connectivity index (χ4n) is 1.67. The maximum Gasteiger partial charge on any atom is 0.179 e. The summed E-state index contributed by atoms with van der Waals surface area (Å²) in [4.78, 5) is 13.9. The molecular weight excluding hydrogens is 194 g/mol. The lowest BCUT2D eigenvalue weighted by atomic mass is 10.0. The summed E-state index contributed by atoms with van der Waals surface area (Å²) in [6, 6.07) is 3.95. The molecule has 0 saturated heterocycles. The van der Waals surface area contributed by atoms with Crippen molar-refractivity contribution >= 4 is 17.1 Å². The van der Waals surface area contributed by atoms with Gasteiger partial charge in [0.2, 0.25) is 0 Å². The molecule has 1 heterocycles. The summed E-state index contributed by atoms with van der Waals surface area (Å²) >= 11 is 1.56. The third kappa shape index (κ3) is 1.79. The van der Waals surface area contributed by atoms with E-state index in [1.807, 2.05) is 31.2 Å². The molecule has 0 aliphatic heterocycles. The molecule has 2 nitrogen and oxygen atoms in total. The molecule has 0 fully saturated rings. The van der Waals surface area contributed by atoms with Gasteiger partial charge in [-0.15, -0.1) is 11.3 Å². The number of carbonyl (C=O) groups excluding carboxylic acids is 1. The van der Waals surface area contributed by atoms with Crippen molar-refractivity contribution in [1.29, 1.82) is 0 Å². The number of rotatable bonds is 2. The zero-order chi connectivity index (χ0) is 10.1. The van der Waals surface area contributed by atoms with Gasteiger partial charge in [-0.2, -0.15) is 0 Å². The molecule has 1 aliphatic carbocycles. The van der Waals surface area contributed by atoms with E-state index >= 15 is 0 Å². The number of aryl methyl sites for hydroxylation is 1. The van der Waals surface area contributed by atoms with E-state index in [2.05, 4.69) is 0 Å². The van der Waals surface area contributed by atoms with Crippen molar-refractivity contribution in [3.05, 3.63) is 34.0 Å². The predicted molar refractivity (Wildman–Crippen MR) is 58.6 cm³/mol. The van der Waals surface area contributed by atoms with E-state index in [0.717, 1.165) is 11.3 Å². The second-order valence-electron chi connectivity index (χ2n) is 3.67. The van der Waals surface area contributed by atoms with Gasteiger partial charge in [-0.1, -0.05) is 12.2 Å². The lowest BCUT2D eigenvalue weighted by Crippen LogP contribution is -2.18. The number of nitrogens with two attached hydrogens (primary N) is 1. The average Bonchev–Trinajstić information content (AvgIpc) is 2.73. The lowest BCUT2D eigenvalue weighted by Gasteiger charge is -2.05. The molecule has 1 aliphatic rings. The molecule has 74 valence electrons. The molecule has 0 amide bonds. The van der Waals surface area contributed by atoms with Crippen molar-refractivity contribution < 1.29 is 4.79 Å². The summed E-state index contributed by atoms with van der Waals surface area (Å²) in [5.74, 6) is 0.218. The number of Topliss-reactive ketones (excluding diaryl/α,β-unsaturated/α-hetero) is 1. The van der Waals surface area contributed by atoms with Gasteiger partial charge in [0.05, 0.1) is 4.88 Å². The number of carbonyl (C=O) groups is 1. The van der Waals surface area contributed by atoms with Gasteiger partial charge in [0.1, 0.15) is 0 Å². The first kappa shape index (κ1) is 9.62. The van der Waals surface area contributed by atoms with Gasteiger partial charge in [0, 0.05) is 16.8 Å². The minimum Gasteiger partial charge on any atom is -0.324 e. The summed E-state index contributed by atoms with van der Waals surface area (Å²) in [6.07, 6.45) is 4.61. The van der Waals surface area contributed by atoms with E-state index in [4.69, 9.17) is 5.73 Å². The number of hydrogen-bond donors (Lipinski definition) is 1. The first-order valence-electron chi connectivity index (χ1n) is 4.71. The zero-order valence-corrected chi connectivity index (χ0v) is 8.88. The van der Waals surface area contributed by atoms with E-state index in [9.17, 15) is 4.79 Å². The minimum atomic E-state index is 0.00282. The molecule has 2 N–H and O–H groups in total. The Bertz CT molecular complexity index is 380. The van der Waals surface area contributed by atoms with Gasteiger partial charge in [-0.25, -0.2) is 0 Å². The maximum absolute atomic E-state index is 11.9. The Labute approximate surface area is 87.4 Å². The molecule has 1 aromatic rings. The fraction of sp³-hybridized carbons (Fsp3) is 0.364. The van der Waals surface area contributed by atoms with Crippen LogP contribution in [0.1, 0.15) is 21.0 Å². The van der Waals surface area contributed by atoms with Gasteiger partial charge in [0.25, 0.3) is 0 Å². The first-order chi connectivity index (χ1) is 6.66. The summed E-state index contributed by atoms with van der Waals surface area (Å²) in [5.41, 5.74) is 5.71. The standard InChI is InChI=1S/C11H13NOS/c1-7-2-5-10(14-7)11(13)8-3-4-9(12)6-8/h2-5,8-9H,6,12H2,1H3. The third-order valence-corrected chi connectivity index (χ3v) is 3.45. The normalized spacial score (nSPS) is 25.6. The van der Waals surface area contributed by atoms with Crippen LogP contribution in [0.2, 0.25) is 0 Å². The second-order valence-corrected chi connectivity index (χ2v) is 4.95. The third-order valence-electron chi connectivity index (χ3n) is 2.44. The Morgan fingerprint density at radius 1 is 1.50 bits per heavy atom. The molecule has 2 rings (SSSR count). The molecular formula is C11H13NOS. The highest BCUT2D eigenvalue weighted by Gasteiger charge is 2.24. The van der Waals surface area contributed by atoms with Crippen LogP contribution in [-0.4, -0.2) is 11.8 Å². The van der Waals surface area contributed by atoms with Crippen LogP contribution in [0, 0.1) is 12.8 Å². The quantitative estimate of drug-likeness (QED) is 0.596. The Balaban J connectivity index is 2.13. The van der Waals surface area contributed by atoms with Gasteiger partial charge in [0.15, 0.2) is 5.78 Å². The zero-order valence-electron chi connectivity index (χ0n) is 8.07. The highest BCUT2D eigenvalue weighted by Crippen LogP contribution is 2.25. The van der Waals surface area contributed by atoms with Gasteiger partial charge >= 0.3 is 0 Å².